The van der Waals surface area contributed by atoms with E-state index in [-0.39, 0.29) is 22.9 Å². The fourth-order valence-electron chi connectivity index (χ4n) is 3.86. The van der Waals surface area contributed by atoms with E-state index in [1.165, 1.54) is 0 Å². The lowest BCUT2D eigenvalue weighted by atomic mass is 10.1. The van der Waals surface area contributed by atoms with Crippen LogP contribution in [0, 0.1) is 6.92 Å². The Kier molecular flexibility index (Phi) is 4.52. The zero-order chi connectivity index (χ0) is 21.9. The van der Waals surface area contributed by atoms with E-state index in [1.54, 1.807) is 32.0 Å². The van der Waals surface area contributed by atoms with Crippen LogP contribution in [0.4, 0.5) is 0 Å². The molecular formula is C21H24N6O3S. The number of hydrogen-bond donors (Lipinski definition) is 2. The second-order valence-electron chi connectivity index (χ2n) is 8.33. The van der Waals surface area contributed by atoms with Gasteiger partial charge in [0.15, 0.2) is 0 Å². The van der Waals surface area contributed by atoms with Crippen LogP contribution < -0.4 is 0 Å². The molecule has 1 unspecified atom stereocenters. The number of fused-ring (bicyclic) bond motifs is 2. The predicted molar refractivity (Wildman–Crippen MR) is 115 cm³/mol. The molecule has 0 spiro atoms. The van der Waals surface area contributed by atoms with Crippen LogP contribution in [-0.2, 0) is 22.7 Å². The fraction of sp³-hybridized carbons (Fsp3) is 0.381. The number of aromatic amines is 1. The summed E-state index contributed by atoms with van der Waals surface area (Å²) in [5.41, 5.74) is 3.19. The van der Waals surface area contributed by atoms with Crippen molar-refractivity contribution in [2.75, 3.05) is 6.54 Å². The Balaban J connectivity index is 1.56. The molecule has 5 rings (SSSR count). The number of aliphatic hydroxyl groups is 1. The lowest BCUT2D eigenvalue weighted by Gasteiger charge is -2.34. The van der Waals surface area contributed by atoms with Crippen LogP contribution in [0.25, 0.3) is 0 Å². The first kappa shape index (κ1) is 20.0. The molecule has 2 atom stereocenters. The average molecular weight is 441 g/mol. The maximum absolute atomic E-state index is 13.6. The Labute approximate surface area is 182 Å². The molecule has 0 saturated carbocycles. The summed E-state index contributed by atoms with van der Waals surface area (Å²) < 4.78 is 10.6. The number of nitrogens with one attached hydrogen (secondary N) is 1. The molecule has 0 bridgehead atoms. The molecule has 3 aliphatic rings. The molecule has 5 heterocycles. The molecule has 2 N–H and O–H groups in total. The van der Waals surface area contributed by atoms with E-state index >= 15 is 0 Å². The molecule has 162 valence electrons. The number of rotatable bonds is 3. The van der Waals surface area contributed by atoms with Crippen molar-refractivity contribution in [3.8, 4) is 0 Å². The first-order valence-electron chi connectivity index (χ1n) is 10.1. The number of carbonyl (C=O) groups is 1. The summed E-state index contributed by atoms with van der Waals surface area (Å²) >= 11 is 0. The summed E-state index contributed by atoms with van der Waals surface area (Å²) in [7, 11) is -0.627. The maximum atomic E-state index is 13.6. The number of nitrogens with zero attached hydrogens (tertiary/aromatic N) is 5. The molecule has 0 fully saturated rings. The van der Waals surface area contributed by atoms with E-state index in [9.17, 15) is 9.90 Å². The van der Waals surface area contributed by atoms with Gasteiger partial charge in [-0.25, -0.2) is 15.0 Å². The van der Waals surface area contributed by atoms with E-state index in [1.807, 2.05) is 30.3 Å². The van der Waals surface area contributed by atoms with E-state index in [0.717, 1.165) is 22.7 Å². The highest BCUT2D eigenvalue weighted by molar-refractivity contribution is 7.90. The average Bonchev–Trinajstić information content (AvgIpc) is 3.44. The van der Waals surface area contributed by atoms with Crippen LogP contribution in [0.1, 0.15) is 59.7 Å². The van der Waals surface area contributed by atoms with Crippen molar-refractivity contribution >= 4 is 16.6 Å². The molecule has 2 aromatic rings. The van der Waals surface area contributed by atoms with Gasteiger partial charge in [0.1, 0.15) is 11.0 Å². The van der Waals surface area contributed by atoms with Crippen LogP contribution >= 0.6 is 0 Å². The van der Waals surface area contributed by atoms with Crippen LogP contribution in [0.5, 0.6) is 0 Å². The number of aromatic nitrogens is 3. The van der Waals surface area contributed by atoms with Crippen LogP contribution in [0.3, 0.4) is 0 Å². The Bertz CT molecular complexity index is 1200. The highest BCUT2D eigenvalue weighted by Crippen LogP contribution is 2.38. The summed E-state index contributed by atoms with van der Waals surface area (Å²) in [6, 6.07) is 0. The van der Waals surface area contributed by atoms with Gasteiger partial charge in [-0.3, -0.25) is 4.79 Å². The Morgan fingerprint density at radius 3 is 2.90 bits per heavy atom. The Morgan fingerprint density at radius 1 is 1.39 bits per heavy atom. The van der Waals surface area contributed by atoms with Crippen molar-refractivity contribution in [2.24, 2.45) is 4.47 Å². The minimum Gasteiger partial charge on any atom is -0.432 e. The van der Waals surface area contributed by atoms with Crippen molar-refractivity contribution in [3.05, 3.63) is 70.1 Å². The van der Waals surface area contributed by atoms with Crippen LogP contribution in [0.2, 0.25) is 0 Å². The van der Waals surface area contributed by atoms with Gasteiger partial charge in [0.05, 0.1) is 23.4 Å². The zero-order valence-corrected chi connectivity index (χ0v) is 18.6. The van der Waals surface area contributed by atoms with Gasteiger partial charge in [0.2, 0.25) is 11.7 Å². The Morgan fingerprint density at radius 2 is 2.19 bits per heavy atom. The van der Waals surface area contributed by atoms with Gasteiger partial charge in [-0.2, -0.15) is 0 Å². The monoisotopic (exact) mass is 440 g/mol. The largest absolute Gasteiger partial charge is 0.432 e. The van der Waals surface area contributed by atoms with E-state index in [0.29, 0.717) is 18.7 Å². The molecule has 0 saturated heterocycles. The summed E-state index contributed by atoms with van der Waals surface area (Å²) in [6.07, 6.45) is 8.26. The smallest absolute Gasteiger partial charge is 0.292 e. The van der Waals surface area contributed by atoms with Crippen molar-refractivity contribution in [1.82, 2.24) is 24.9 Å². The summed E-state index contributed by atoms with van der Waals surface area (Å²) in [5.74, 6) is -0.00120. The number of aryl methyl sites for hydroxylation is 1. The Hall–Kier alpha value is -2.98. The quantitative estimate of drug-likeness (QED) is 0.759. The fourth-order valence-corrected chi connectivity index (χ4v) is 5.89. The van der Waals surface area contributed by atoms with E-state index in [4.69, 9.17) is 8.89 Å². The van der Waals surface area contributed by atoms with E-state index < -0.39 is 16.3 Å². The van der Waals surface area contributed by atoms with Gasteiger partial charge >= 0.3 is 0 Å². The third kappa shape index (κ3) is 3.26. The van der Waals surface area contributed by atoms with Gasteiger partial charge in [-0.05, 0) is 50.0 Å². The minimum absolute atomic E-state index is 0.125. The predicted octanol–water partition coefficient (Wildman–Crippen LogP) is 2.98. The summed E-state index contributed by atoms with van der Waals surface area (Å²) in [6.45, 7) is 7.43. The molecular weight excluding hydrogens is 416 g/mol. The molecule has 1 amide bonds. The molecule has 0 radical (unpaired) electrons. The van der Waals surface area contributed by atoms with Gasteiger partial charge in [0, 0.05) is 30.3 Å². The van der Waals surface area contributed by atoms with Crippen LogP contribution in [0.15, 0.2) is 50.2 Å². The lowest BCUT2D eigenvalue weighted by Crippen LogP contribution is -2.41. The normalized spacial score (nSPS) is 22.6. The highest BCUT2D eigenvalue weighted by Gasteiger charge is 2.40. The molecule has 10 heteroatoms. The zero-order valence-electron chi connectivity index (χ0n) is 17.8. The first-order valence-corrected chi connectivity index (χ1v) is 11.4. The third-order valence-corrected chi connectivity index (χ3v) is 7.28. The molecule has 0 aliphatic carbocycles. The van der Waals surface area contributed by atoms with Crippen molar-refractivity contribution < 1.29 is 14.3 Å². The highest BCUT2D eigenvalue weighted by atomic mass is 32.2. The molecule has 2 aromatic heterocycles. The second-order valence-corrected chi connectivity index (χ2v) is 9.87. The topological polar surface area (TPSA) is 111 Å². The van der Waals surface area contributed by atoms with Crippen molar-refractivity contribution in [3.63, 3.8) is 0 Å². The van der Waals surface area contributed by atoms with Gasteiger partial charge in [-0.1, -0.05) is 6.08 Å². The molecule has 31 heavy (non-hydrogen) atoms. The number of H-pyrrole nitrogens is 1. The number of allylic oxidation sites excluding steroid dienone is 3. The number of imidazole rings is 1. The summed E-state index contributed by atoms with van der Waals surface area (Å²) in [5, 5.41) is 13.9. The number of carbonyl (C=O) groups excluding carboxylic acids is 1. The first-order chi connectivity index (χ1) is 14.7. The summed E-state index contributed by atoms with van der Waals surface area (Å²) in [4.78, 5) is 27.4. The van der Waals surface area contributed by atoms with Crippen LogP contribution in [-0.4, -0.2) is 42.4 Å². The number of oxazole rings is 1. The molecule has 9 nitrogen and oxygen atoms in total. The molecule has 0 aromatic carbocycles. The van der Waals surface area contributed by atoms with Gasteiger partial charge in [-0.15, -0.1) is 4.47 Å². The molecule has 3 aliphatic heterocycles. The number of amides is 1. The minimum atomic E-state index is -1.27. The standard InChI is InChI=1S/C21H24N6O3S/c1-12-6-5-8-27-15(12)10-31(25-27)19-16-14(22-11-23-16)7-9-26(19)18(28)17-13(2)24-20(30-17)21(3,4)29/h5-6,8,10-11,19,29H,7,9H2,1-4H3,(H,22,23)/t19-,31?/m0/s1. The number of hydrogen-bond acceptors (Lipinski definition) is 7. The maximum Gasteiger partial charge on any atom is 0.292 e. The van der Waals surface area contributed by atoms with Crippen molar-refractivity contribution in [1.29, 1.82) is 0 Å². The van der Waals surface area contributed by atoms with Gasteiger partial charge < -0.3 is 19.4 Å². The lowest BCUT2D eigenvalue weighted by molar-refractivity contribution is 0.0446. The second kappa shape index (κ2) is 7.03. The van der Waals surface area contributed by atoms with Crippen molar-refractivity contribution in [2.45, 2.75) is 45.1 Å². The van der Waals surface area contributed by atoms with Gasteiger partial charge in [0.25, 0.3) is 5.91 Å². The third-order valence-electron chi connectivity index (χ3n) is 5.51. The van der Waals surface area contributed by atoms with E-state index in [2.05, 4.69) is 20.4 Å². The SMILES string of the molecule is CC1=CC=CN2N=S([C@H]3c4nc[nH]c4CCN3C(=O)c3oc(C(C)(C)O)nc3C)C=C12.